The Balaban J connectivity index is 1.76. The number of carbonyl (C=O) groups is 1. The number of benzene rings is 1. The van der Waals surface area contributed by atoms with Gasteiger partial charge in [-0.1, -0.05) is 25.1 Å². The number of ether oxygens (including phenoxy) is 1. The van der Waals surface area contributed by atoms with Gasteiger partial charge in [0.25, 0.3) is 0 Å². The molecule has 0 spiro atoms. The Hall–Kier alpha value is -1.35. The number of hydrogen-bond acceptors (Lipinski definition) is 3. The molecular formula is C15H21NO2. The van der Waals surface area contributed by atoms with Gasteiger partial charge in [-0.15, -0.1) is 0 Å². The lowest BCUT2D eigenvalue weighted by molar-refractivity contribution is -0.121. The monoisotopic (exact) mass is 247 g/mol. The number of ketones is 1. The van der Waals surface area contributed by atoms with Crippen molar-refractivity contribution in [1.29, 1.82) is 0 Å². The number of likely N-dealkylation sites (tertiary alicyclic amines) is 1. The molecule has 98 valence electrons. The van der Waals surface area contributed by atoms with Crippen molar-refractivity contribution in [2.24, 2.45) is 0 Å². The van der Waals surface area contributed by atoms with Crippen molar-refractivity contribution in [2.75, 3.05) is 26.2 Å². The lowest BCUT2D eigenvalue weighted by atomic mass is 10.1. The standard InChI is InChI=1S/C15H21NO2/c1-2-13-5-3-4-6-15(13)18-12-11-16-9-7-14(17)8-10-16/h3-6H,2,7-12H2,1H3. The maximum atomic E-state index is 11.1. The molecule has 3 heteroatoms. The summed E-state index contributed by atoms with van der Waals surface area (Å²) in [5.74, 6) is 1.39. The fourth-order valence-corrected chi connectivity index (χ4v) is 2.25. The Morgan fingerprint density at radius 1 is 1.22 bits per heavy atom. The highest BCUT2D eigenvalue weighted by atomic mass is 16.5. The van der Waals surface area contributed by atoms with Crippen LogP contribution in [0.25, 0.3) is 0 Å². The number of aryl methyl sites for hydroxylation is 1. The number of rotatable bonds is 5. The Morgan fingerprint density at radius 2 is 1.94 bits per heavy atom. The van der Waals surface area contributed by atoms with Gasteiger partial charge in [-0.25, -0.2) is 0 Å². The van der Waals surface area contributed by atoms with E-state index in [-0.39, 0.29) is 0 Å². The molecule has 0 radical (unpaired) electrons. The first-order valence-corrected chi connectivity index (χ1v) is 6.74. The van der Waals surface area contributed by atoms with Crippen LogP contribution in [0.5, 0.6) is 5.75 Å². The summed E-state index contributed by atoms with van der Waals surface area (Å²) in [6, 6.07) is 8.18. The van der Waals surface area contributed by atoms with Gasteiger partial charge in [0.1, 0.15) is 18.1 Å². The molecule has 1 aliphatic heterocycles. The Kier molecular flexibility index (Phi) is 4.76. The third-order valence-corrected chi connectivity index (χ3v) is 3.43. The number of hydrogen-bond donors (Lipinski definition) is 0. The van der Waals surface area contributed by atoms with Crippen molar-refractivity contribution in [1.82, 2.24) is 4.90 Å². The molecule has 0 aliphatic carbocycles. The molecule has 0 unspecified atom stereocenters. The van der Waals surface area contributed by atoms with E-state index in [0.29, 0.717) is 25.2 Å². The topological polar surface area (TPSA) is 29.5 Å². The van der Waals surface area contributed by atoms with E-state index in [1.165, 1.54) is 5.56 Å². The highest BCUT2D eigenvalue weighted by Crippen LogP contribution is 2.18. The molecule has 1 heterocycles. The SMILES string of the molecule is CCc1ccccc1OCCN1CCC(=O)CC1. The smallest absolute Gasteiger partial charge is 0.135 e. The number of Topliss-reactive ketones (excluding diaryl/α,β-unsaturated/α-hetero) is 1. The van der Waals surface area contributed by atoms with Gasteiger partial charge in [0.2, 0.25) is 0 Å². The van der Waals surface area contributed by atoms with E-state index in [0.717, 1.165) is 31.8 Å². The van der Waals surface area contributed by atoms with Crippen LogP contribution >= 0.6 is 0 Å². The molecule has 0 bridgehead atoms. The minimum absolute atomic E-state index is 0.392. The first-order chi connectivity index (χ1) is 8.79. The van der Waals surface area contributed by atoms with Crippen LogP contribution in [0.2, 0.25) is 0 Å². The van der Waals surface area contributed by atoms with Gasteiger partial charge < -0.3 is 4.74 Å². The maximum Gasteiger partial charge on any atom is 0.135 e. The fourth-order valence-electron chi connectivity index (χ4n) is 2.25. The minimum atomic E-state index is 0.392. The van der Waals surface area contributed by atoms with E-state index in [4.69, 9.17) is 4.74 Å². The van der Waals surface area contributed by atoms with Crippen LogP contribution in [0, 0.1) is 0 Å². The lowest BCUT2D eigenvalue weighted by Gasteiger charge is -2.25. The third-order valence-electron chi connectivity index (χ3n) is 3.43. The molecule has 18 heavy (non-hydrogen) atoms. The number of nitrogens with zero attached hydrogens (tertiary/aromatic N) is 1. The molecular weight excluding hydrogens is 226 g/mol. The van der Waals surface area contributed by atoms with Gasteiger partial charge >= 0.3 is 0 Å². The second-order valence-corrected chi connectivity index (χ2v) is 4.69. The van der Waals surface area contributed by atoms with Gasteiger partial charge in [-0.2, -0.15) is 0 Å². The molecule has 0 N–H and O–H groups in total. The fraction of sp³-hybridized carbons (Fsp3) is 0.533. The molecule has 0 aromatic heterocycles. The molecule has 3 nitrogen and oxygen atoms in total. The minimum Gasteiger partial charge on any atom is -0.492 e. The van der Waals surface area contributed by atoms with Gasteiger partial charge in [-0.05, 0) is 18.1 Å². The van der Waals surface area contributed by atoms with E-state index in [1.54, 1.807) is 0 Å². The second-order valence-electron chi connectivity index (χ2n) is 4.69. The molecule has 0 saturated carbocycles. The van der Waals surface area contributed by atoms with Gasteiger partial charge in [0, 0.05) is 32.5 Å². The largest absolute Gasteiger partial charge is 0.492 e. The summed E-state index contributed by atoms with van der Waals surface area (Å²) < 4.78 is 5.83. The van der Waals surface area contributed by atoms with Crippen LogP contribution in [-0.2, 0) is 11.2 Å². The predicted octanol–water partition coefficient (Wildman–Crippen LogP) is 2.29. The van der Waals surface area contributed by atoms with E-state index in [1.807, 2.05) is 18.2 Å². The number of carbonyl (C=O) groups excluding carboxylic acids is 1. The normalized spacial score (nSPS) is 16.8. The quantitative estimate of drug-likeness (QED) is 0.799. The van der Waals surface area contributed by atoms with Gasteiger partial charge in [0.05, 0.1) is 0 Å². The summed E-state index contributed by atoms with van der Waals surface area (Å²) in [4.78, 5) is 13.4. The number of piperidine rings is 1. The van der Waals surface area contributed by atoms with Crippen molar-refractivity contribution in [3.63, 3.8) is 0 Å². The number of para-hydroxylation sites is 1. The van der Waals surface area contributed by atoms with E-state index in [2.05, 4.69) is 17.9 Å². The summed E-state index contributed by atoms with van der Waals surface area (Å²) in [7, 11) is 0. The van der Waals surface area contributed by atoms with Gasteiger partial charge in [0.15, 0.2) is 0 Å². The summed E-state index contributed by atoms with van der Waals surface area (Å²) in [5.41, 5.74) is 1.26. The molecule has 0 amide bonds. The van der Waals surface area contributed by atoms with Crippen molar-refractivity contribution in [3.05, 3.63) is 29.8 Å². The third kappa shape index (κ3) is 3.57. The van der Waals surface area contributed by atoms with Crippen molar-refractivity contribution in [3.8, 4) is 5.75 Å². The van der Waals surface area contributed by atoms with Crippen LogP contribution in [0.3, 0.4) is 0 Å². The van der Waals surface area contributed by atoms with Crippen LogP contribution in [-0.4, -0.2) is 36.9 Å². The molecule has 0 atom stereocenters. The summed E-state index contributed by atoms with van der Waals surface area (Å²) in [6.45, 7) is 5.52. The van der Waals surface area contributed by atoms with E-state index in [9.17, 15) is 4.79 Å². The second kappa shape index (κ2) is 6.55. The van der Waals surface area contributed by atoms with Crippen LogP contribution in [0.1, 0.15) is 25.3 Å². The summed E-state index contributed by atoms with van der Waals surface area (Å²) in [5, 5.41) is 0. The van der Waals surface area contributed by atoms with Crippen LogP contribution in [0.4, 0.5) is 0 Å². The predicted molar refractivity (Wildman–Crippen MR) is 72.0 cm³/mol. The maximum absolute atomic E-state index is 11.1. The van der Waals surface area contributed by atoms with Crippen molar-refractivity contribution >= 4 is 5.78 Å². The first kappa shape index (κ1) is 13.1. The zero-order valence-corrected chi connectivity index (χ0v) is 11.0. The van der Waals surface area contributed by atoms with Crippen LogP contribution < -0.4 is 4.74 Å². The molecule has 1 fully saturated rings. The molecule has 1 saturated heterocycles. The molecule has 1 aliphatic rings. The summed E-state index contributed by atoms with van der Waals surface area (Å²) in [6.07, 6.45) is 2.39. The zero-order chi connectivity index (χ0) is 12.8. The molecule has 1 aromatic carbocycles. The van der Waals surface area contributed by atoms with Crippen molar-refractivity contribution < 1.29 is 9.53 Å². The average Bonchev–Trinajstić information content (AvgIpc) is 2.41. The highest BCUT2D eigenvalue weighted by molar-refractivity contribution is 5.79. The lowest BCUT2D eigenvalue weighted by Crippen LogP contribution is -2.36. The molecule has 2 rings (SSSR count). The highest BCUT2D eigenvalue weighted by Gasteiger charge is 2.15. The Morgan fingerprint density at radius 3 is 2.67 bits per heavy atom. The first-order valence-electron chi connectivity index (χ1n) is 6.74. The molecule has 1 aromatic rings. The Labute approximate surface area is 109 Å². The van der Waals surface area contributed by atoms with Gasteiger partial charge in [-0.3, -0.25) is 9.69 Å². The summed E-state index contributed by atoms with van der Waals surface area (Å²) >= 11 is 0. The Bertz CT molecular complexity index is 393. The van der Waals surface area contributed by atoms with E-state index >= 15 is 0 Å². The van der Waals surface area contributed by atoms with Crippen molar-refractivity contribution in [2.45, 2.75) is 26.2 Å². The zero-order valence-electron chi connectivity index (χ0n) is 11.0. The average molecular weight is 247 g/mol. The van der Waals surface area contributed by atoms with Crippen LogP contribution in [0.15, 0.2) is 24.3 Å². The van der Waals surface area contributed by atoms with E-state index < -0.39 is 0 Å².